The Labute approximate surface area is 126 Å². The Hall–Kier alpha value is -1.84. The number of aromatic hydroxyl groups is 1. The van der Waals surface area contributed by atoms with E-state index in [0.717, 1.165) is 18.4 Å². The summed E-state index contributed by atoms with van der Waals surface area (Å²) in [6.07, 6.45) is 9.78. The molecule has 0 radical (unpaired) electrons. The predicted octanol–water partition coefficient (Wildman–Crippen LogP) is 4.74. The number of aryl methyl sites for hydroxylation is 1. The van der Waals surface area contributed by atoms with E-state index in [0.29, 0.717) is 11.7 Å². The van der Waals surface area contributed by atoms with E-state index in [4.69, 9.17) is 4.52 Å². The second-order valence-electron chi connectivity index (χ2n) is 5.43. The molecular weight excluding hydrogens is 264 g/mol. The average Bonchev–Trinajstić information content (AvgIpc) is 2.96. The van der Waals surface area contributed by atoms with E-state index in [-0.39, 0.29) is 5.75 Å². The SMILES string of the molecule is CCCCCCCCCc1nc(-c2ccc(O)cc2)no1. The molecule has 0 atom stereocenters. The minimum atomic E-state index is 0.241. The molecule has 4 nitrogen and oxygen atoms in total. The number of rotatable bonds is 9. The predicted molar refractivity (Wildman–Crippen MR) is 83.1 cm³/mol. The Bertz CT molecular complexity index is 520. The first-order valence-corrected chi connectivity index (χ1v) is 7.91. The fourth-order valence-electron chi connectivity index (χ4n) is 2.32. The Kier molecular flexibility index (Phi) is 6.25. The molecule has 0 aliphatic carbocycles. The van der Waals surface area contributed by atoms with Crippen LogP contribution in [0.25, 0.3) is 11.4 Å². The van der Waals surface area contributed by atoms with Gasteiger partial charge in [-0.15, -0.1) is 0 Å². The number of aromatic nitrogens is 2. The minimum absolute atomic E-state index is 0.241. The first-order valence-electron chi connectivity index (χ1n) is 7.91. The van der Waals surface area contributed by atoms with Gasteiger partial charge in [-0.2, -0.15) is 4.98 Å². The number of phenols is 1. The van der Waals surface area contributed by atoms with Crippen LogP contribution in [0.5, 0.6) is 5.75 Å². The van der Waals surface area contributed by atoms with Gasteiger partial charge in [0.25, 0.3) is 0 Å². The molecule has 0 aliphatic rings. The summed E-state index contributed by atoms with van der Waals surface area (Å²) >= 11 is 0. The van der Waals surface area contributed by atoms with Crippen molar-refractivity contribution in [1.82, 2.24) is 10.1 Å². The van der Waals surface area contributed by atoms with Crippen molar-refractivity contribution in [2.24, 2.45) is 0 Å². The molecule has 0 fully saturated rings. The van der Waals surface area contributed by atoms with Crippen LogP contribution in [0.4, 0.5) is 0 Å². The molecule has 114 valence electrons. The largest absolute Gasteiger partial charge is 0.508 e. The average molecular weight is 288 g/mol. The van der Waals surface area contributed by atoms with Crippen molar-refractivity contribution < 1.29 is 9.63 Å². The Morgan fingerprint density at radius 2 is 1.62 bits per heavy atom. The van der Waals surface area contributed by atoms with E-state index in [1.54, 1.807) is 24.3 Å². The van der Waals surface area contributed by atoms with Crippen LogP contribution in [0.3, 0.4) is 0 Å². The third-order valence-corrected chi connectivity index (χ3v) is 3.59. The fourth-order valence-corrected chi connectivity index (χ4v) is 2.32. The Morgan fingerprint density at radius 3 is 2.33 bits per heavy atom. The lowest BCUT2D eigenvalue weighted by Crippen LogP contribution is -1.87. The summed E-state index contributed by atoms with van der Waals surface area (Å²) in [4.78, 5) is 4.40. The van der Waals surface area contributed by atoms with Crippen LogP contribution in [0, 0.1) is 0 Å². The Morgan fingerprint density at radius 1 is 0.952 bits per heavy atom. The topological polar surface area (TPSA) is 59.2 Å². The van der Waals surface area contributed by atoms with Crippen molar-refractivity contribution >= 4 is 0 Å². The van der Waals surface area contributed by atoms with Crippen molar-refractivity contribution in [1.29, 1.82) is 0 Å². The fraction of sp³-hybridized carbons (Fsp3) is 0.529. The van der Waals surface area contributed by atoms with Crippen LogP contribution >= 0.6 is 0 Å². The number of phenolic OH excluding ortho intramolecular Hbond substituents is 1. The molecule has 0 aliphatic heterocycles. The van der Waals surface area contributed by atoms with Crippen LogP contribution in [0.15, 0.2) is 28.8 Å². The highest BCUT2D eigenvalue weighted by Crippen LogP contribution is 2.19. The molecular formula is C17H24N2O2. The summed E-state index contributed by atoms with van der Waals surface area (Å²) in [5.41, 5.74) is 0.863. The van der Waals surface area contributed by atoms with Gasteiger partial charge in [-0.1, -0.05) is 50.6 Å². The molecule has 0 bridgehead atoms. The summed E-state index contributed by atoms with van der Waals surface area (Å²) in [7, 11) is 0. The van der Waals surface area contributed by atoms with Crippen molar-refractivity contribution in [3.8, 4) is 17.1 Å². The number of hydrogen-bond donors (Lipinski definition) is 1. The van der Waals surface area contributed by atoms with Crippen LogP contribution in [0.2, 0.25) is 0 Å². The van der Waals surface area contributed by atoms with Crippen LogP contribution < -0.4 is 0 Å². The van der Waals surface area contributed by atoms with Crippen LogP contribution in [-0.4, -0.2) is 15.2 Å². The van der Waals surface area contributed by atoms with E-state index < -0.39 is 0 Å². The maximum atomic E-state index is 9.27. The van der Waals surface area contributed by atoms with Crippen molar-refractivity contribution in [3.63, 3.8) is 0 Å². The zero-order valence-corrected chi connectivity index (χ0v) is 12.7. The summed E-state index contributed by atoms with van der Waals surface area (Å²) < 4.78 is 5.27. The molecule has 0 unspecified atom stereocenters. The van der Waals surface area contributed by atoms with Crippen molar-refractivity contribution in [2.45, 2.75) is 58.3 Å². The lowest BCUT2D eigenvalue weighted by atomic mass is 10.1. The van der Waals surface area contributed by atoms with Crippen LogP contribution in [0.1, 0.15) is 57.8 Å². The zero-order valence-electron chi connectivity index (χ0n) is 12.7. The van der Waals surface area contributed by atoms with E-state index in [2.05, 4.69) is 17.1 Å². The van der Waals surface area contributed by atoms with E-state index >= 15 is 0 Å². The molecule has 0 amide bonds. The zero-order chi connectivity index (χ0) is 14.9. The molecule has 2 aromatic rings. The number of unbranched alkanes of at least 4 members (excludes halogenated alkanes) is 6. The molecule has 2 rings (SSSR count). The van der Waals surface area contributed by atoms with Gasteiger partial charge in [0.15, 0.2) is 0 Å². The summed E-state index contributed by atoms with van der Waals surface area (Å²) in [6, 6.07) is 6.83. The molecule has 1 heterocycles. The van der Waals surface area contributed by atoms with Gasteiger partial charge in [-0.3, -0.25) is 0 Å². The first kappa shape index (κ1) is 15.5. The normalized spacial score (nSPS) is 10.9. The molecule has 1 aromatic carbocycles. The van der Waals surface area contributed by atoms with E-state index in [9.17, 15) is 5.11 Å². The highest BCUT2D eigenvalue weighted by Gasteiger charge is 2.08. The summed E-state index contributed by atoms with van der Waals surface area (Å²) in [5.74, 6) is 1.53. The molecule has 4 heteroatoms. The molecule has 1 aromatic heterocycles. The standard InChI is InChI=1S/C17H24N2O2/c1-2-3-4-5-6-7-8-9-16-18-17(19-21-16)14-10-12-15(20)13-11-14/h10-13,20H,2-9H2,1H3. The molecule has 21 heavy (non-hydrogen) atoms. The van der Waals surface area contributed by atoms with Crippen LogP contribution in [-0.2, 0) is 6.42 Å². The van der Waals surface area contributed by atoms with Gasteiger partial charge in [0.05, 0.1) is 0 Å². The third kappa shape index (κ3) is 5.21. The molecule has 0 spiro atoms. The van der Waals surface area contributed by atoms with Gasteiger partial charge < -0.3 is 9.63 Å². The van der Waals surface area contributed by atoms with Gasteiger partial charge in [0, 0.05) is 12.0 Å². The number of nitrogens with zero attached hydrogens (tertiary/aromatic N) is 2. The van der Waals surface area contributed by atoms with Gasteiger partial charge >= 0.3 is 0 Å². The summed E-state index contributed by atoms with van der Waals surface area (Å²) in [5, 5.41) is 13.3. The minimum Gasteiger partial charge on any atom is -0.508 e. The van der Waals surface area contributed by atoms with Gasteiger partial charge in [-0.25, -0.2) is 0 Å². The third-order valence-electron chi connectivity index (χ3n) is 3.59. The monoisotopic (exact) mass is 288 g/mol. The van der Waals surface area contributed by atoms with Gasteiger partial charge in [0.1, 0.15) is 5.75 Å². The summed E-state index contributed by atoms with van der Waals surface area (Å²) in [6.45, 7) is 2.24. The van der Waals surface area contributed by atoms with E-state index in [1.807, 2.05) is 0 Å². The quantitative estimate of drug-likeness (QED) is 0.677. The highest BCUT2D eigenvalue weighted by atomic mass is 16.5. The lowest BCUT2D eigenvalue weighted by Gasteiger charge is -1.98. The highest BCUT2D eigenvalue weighted by molar-refractivity contribution is 5.55. The Balaban J connectivity index is 1.72. The van der Waals surface area contributed by atoms with Crippen molar-refractivity contribution in [3.05, 3.63) is 30.2 Å². The molecule has 1 N–H and O–H groups in total. The van der Waals surface area contributed by atoms with Gasteiger partial charge in [-0.05, 0) is 30.7 Å². The second-order valence-corrected chi connectivity index (χ2v) is 5.43. The molecule has 0 saturated carbocycles. The van der Waals surface area contributed by atoms with Gasteiger partial charge in [0.2, 0.25) is 11.7 Å². The smallest absolute Gasteiger partial charge is 0.226 e. The second kappa shape index (κ2) is 8.45. The number of benzene rings is 1. The number of hydrogen-bond acceptors (Lipinski definition) is 4. The maximum Gasteiger partial charge on any atom is 0.226 e. The van der Waals surface area contributed by atoms with Crippen molar-refractivity contribution in [2.75, 3.05) is 0 Å². The maximum absolute atomic E-state index is 9.27. The first-order chi connectivity index (χ1) is 10.3. The molecule has 0 saturated heterocycles. The van der Waals surface area contributed by atoms with E-state index in [1.165, 1.54) is 38.5 Å². The lowest BCUT2D eigenvalue weighted by molar-refractivity contribution is 0.373.